The maximum Gasteiger partial charge on any atom is 0.259 e. The number of carbonyl (C=O) groups is 1. The number of nitrogens with two attached hydrogens (primary N) is 1. The predicted molar refractivity (Wildman–Crippen MR) is 61.5 cm³/mol. The number of amides is 1. The molecule has 0 aliphatic rings. The molecule has 0 spiro atoms. The Balaban J connectivity index is 2.61. The molecule has 0 fully saturated rings. The molecule has 0 unspecified atom stereocenters. The molecule has 1 rings (SSSR count). The quantitative estimate of drug-likeness (QED) is 0.422. The average Bonchev–Trinajstić information content (AvgIpc) is 2.38. The van der Waals surface area contributed by atoms with Gasteiger partial charge in [-0.2, -0.15) is 0 Å². The monoisotopic (exact) mass is 240 g/mol. The molecule has 94 valence electrons. The molecule has 0 saturated heterocycles. The lowest BCUT2D eigenvalue weighted by atomic mass is 10.2. The first-order valence-electron chi connectivity index (χ1n) is 4.99. The Kier molecular flexibility index (Phi) is 5.25. The molecule has 1 aromatic rings. The van der Waals surface area contributed by atoms with Gasteiger partial charge >= 0.3 is 0 Å². The standard InChI is InChI=1S/C11H16N2O4/c1-15-9-4-3-8(10(5-9)16-2)6-17-7-11(14)13-12/h3-5H,6-7,12H2,1-2H3,(H,13,14). The van der Waals surface area contributed by atoms with Crippen molar-refractivity contribution in [2.75, 3.05) is 20.8 Å². The van der Waals surface area contributed by atoms with Gasteiger partial charge in [-0.25, -0.2) is 5.84 Å². The lowest BCUT2D eigenvalue weighted by Crippen LogP contribution is -2.33. The molecule has 6 nitrogen and oxygen atoms in total. The number of ether oxygens (including phenoxy) is 3. The van der Waals surface area contributed by atoms with E-state index in [0.717, 1.165) is 5.56 Å². The zero-order valence-electron chi connectivity index (χ0n) is 9.86. The number of carbonyl (C=O) groups excluding carboxylic acids is 1. The number of hydrogen-bond donors (Lipinski definition) is 2. The van der Waals surface area contributed by atoms with Crippen LogP contribution in [-0.4, -0.2) is 26.7 Å². The second-order valence-corrected chi connectivity index (χ2v) is 3.24. The lowest BCUT2D eigenvalue weighted by molar-refractivity contribution is -0.126. The van der Waals surface area contributed by atoms with Crippen LogP contribution in [0.5, 0.6) is 11.5 Å². The molecule has 0 heterocycles. The summed E-state index contributed by atoms with van der Waals surface area (Å²) < 4.78 is 15.4. The molecule has 0 bridgehead atoms. The van der Waals surface area contributed by atoms with Crippen LogP contribution in [0.4, 0.5) is 0 Å². The van der Waals surface area contributed by atoms with E-state index in [1.807, 2.05) is 11.5 Å². The smallest absolute Gasteiger partial charge is 0.259 e. The Morgan fingerprint density at radius 2 is 2.12 bits per heavy atom. The highest BCUT2D eigenvalue weighted by Crippen LogP contribution is 2.24. The molecule has 0 aromatic heterocycles. The third-order valence-electron chi connectivity index (χ3n) is 2.15. The van der Waals surface area contributed by atoms with Crippen molar-refractivity contribution >= 4 is 5.91 Å². The van der Waals surface area contributed by atoms with Gasteiger partial charge in [0, 0.05) is 11.6 Å². The Bertz CT molecular complexity index is 382. The van der Waals surface area contributed by atoms with E-state index in [1.165, 1.54) is 0 Å². The van der Waals surface area contributed by atoms with Crippen molar-refractivity contribution in [3.8, 4) is 11.5 Å². The molecule has 0 atom stereocenters. The van der Waals surface area contributed by atoms with Gasteiger partial charge in [-0.3, -0.25) is 10.2 Å². The first kappa shape index (κ1) is 13.3. The van der Waals surface area contributed by atoms with Gasteiger partial charge in [-0.1, -0.05) is 0 Å². The first-order chi connectivity index (χ1) is 8.21. The van der Waals surface area contributed by atoms with Crippen LogP contribution >= 0.6 is 0 Å². The van der Waals surface area contributed by atoms with Gasteiger partial charge in [0.15, 0.2) is 0 Å². The number of benzene rings is 1. The minimum absolute atomic E-state index is 0.0916. The summed E-state index contributed by atoms with van der Waals surface area (Å²) in [5.74, 6) is 5.90. The fraction of sp³-hybridized carbons (Fsp3) is 0.364. The average molecular weight is 240 g/mol. The van der Waals surface area contributed by atoms with Gasteiger partial charge in [0.2, 0.25) is 0 Å². The maximum absolute atomic E-state index is 10.8. The van der Waals surface area contributed by atoms with Crippen molar-refractivity contribution in [2.24, 2.45) is 5.84 Å². The molecule has 0 saturated carbocycles. The van der Waals surface area contributed by atoms with E-state index in [0.29, 0.717) is 11.5 Å². The highest BCUT2D eigenvalue weighted by Gasteiger charge is 2.06. The normalized spacial score (nSPS) is 9.82. The highest BCUT2D eigenvalue weighted by molar-refractivity contribution is 5.76. The van der Waals surface area contributed by atoms with E-state index in [9.17, 15) is 4.79 Å². The molecule has 0 aliphatic carbocycles. The zero-order valence-corrected chi connectivity index (χ0v) is 9.86. The van der Waals surface area contributed by atoms with Crippen LogP contribution in [0.3, 0.4) is 0 Å². The summed E-state index contributed by atoms with van der Waals surface area (Å²) >= 11 is 0. The van der Waals surface area contributed by atoms with Gasteiger partial charge in [-0.15, -0.1) is 0 Å². The van der Waals surface area contributed by atoms with Crippen LogP contribution in [0.15, 0.2) is 18.2 Å². The van der Waals surface area contributed by atoms with E-state index in [-0.39, 0.29) is 19.1 Å². The van der Waals surface area contributed by atoms with Crippen LogP contribution in [0.25, 0.3) is 0 Å². The first-order valence-corrected chi connectivity index (χ1v) is 4.99. The van der Waals surface area contributed by atoms with Crippen LogP contribution in [0.1, 0.15) is 5.56 Å². The van der Waals surface area contributed by atoms with Gasteiger partial charge in [-0.05, 0) is 12.1 Å². The number of nitrogens with one attached hydrogen (secondary N) is 1. The Morgan fingerprint density at radius 3 is 2.71 bits per heavy atom. The minimum atomic E-state index is -0.377. The summed E-state index contributed by atoms with van der Waals surface area (Å²) in [6, 6.07) is 5.37. The van der Waals surface area contributed by atoms with Crippen molar-refractivity contribution in [1.82, 2.24) is 5.43 Å². The van der Waals surface area contributed by atoms with Crippen molar-refractivity contribution in [2.45, 2.75) is 6.61 Å². The largest absolute Gasteiger partial charge is 0.497 e. The van der Waals surface area contributed by atoms with Gasteiger partial charge in [0.05, 0.1) is 20.8 Å². The van der Waals surface area contributed by atoms with Crippen LogP contribution in [0, 0.1) is 0 Å². The molecule has 1 amide bonds. The Morgan fingerprint density at radius 1 is 1.35 bits per heavy atom. The van der Waals surface area contributed by atoms with E-state index < -0.39 is 0 Å². The molecule has 0 aliphatic heterocycles. The minimum Gasteiger partial charge on any atom is -0.497 e. The highest BCUT2D eigenvalue weighted by atomic mass is 16.5. The predicted octanol–water partition coefficient (Wildman–Crippen LogP) is 0.210. The van der Waals surface area contributed by atoms with Gasteiger partial charge in [0.25, 0.3) is 5.91 Å². The second-order valence-electron chi connectivity index (χ2n) is 3.24. The van der Waals surface area contributed by atoms with E-state index in [2.05, 4.69) is 0 Å². The Labute approximate surface area is 99.6 Å². The lowest BCUT2D eigenvalue weighted by Gasteiger charge is -2.10. The summed E-state index contributed by atoms with van der Waals surface area (Å²) in [5.41, 5.74) is 2.81. The molecular formula is C11H16N2O4. The summed E-state index contributed by atoms with van der Waals surface area (Å²) in [7, 11) is 3.14. The molecular weight excluding hydrogens is 224 g/mol. The summed E-state index contributed by atoms with van der Waals surface area (Å²) in [6.45, 7) is 0.173. The molecule has 3 N–H and O–H groups in total. The third kappa shape index (κ3) is 3.93. The van der Waals surface area contributed by atoms with Crippen molar-refractivity contribution in [3.05, 3.63) is 23.8 Å². The van der Waals surface area contributed by atoms with Crippen LogP contribution in [0.2, 0.25) is 0 Å². The number of hydrogen-bond acceptors (Lipinski definition) is 5. The number of hydrazine groups is 1. The Hall–Kier alpha value is -1.79. The summed E-state index contributed by atoms with van der Waals surface area (Å²) in [4.78, 5) is 10.8. The molecule has 17 heavy (non-hydrogen) atoms. The SMILES string of the molecule is COc1ccc(COCC(=O)NN)c(OC)c1. The van der Waals surface area contributed by atoms with Gasteiger partial charge in [0.1, 0.15) is 18.1 Å². The van der Waals surface area contributed by atoms with Crippen LogP contribution < -0.4 is 20.7 Å². The number of rotatable bonds is 6. The van der Waals surface area contributed by atoms with Crippen molar-refractivity contribution in [1.29, 1.82) is 0 Å². The molecule has 0 radical (unpaired) electrons. The third-order valence-corrected chi connectivity index (χ3v) is 2.15. The summed E-state index contributed by atoms with van der Waals surface area (Å²) in [5, 5.41) is 0. The maximum atomic E-state index is 10.8. The van der Waals surface area contributed by atoms with E-state index >= 15 is 0 Å². The molecule has 1 aromatic carbocycles. The van der Waals surface area contributed by atoms with Gasteiger partial charge < -0.3 is 14.2 Å². The van der Waals surface area contributed by atoms with Crippen molar-refractivity contribution in [3.63, 3.8) is 0 Å². The van der Waals surface area contributed by atoms with Crippen LogP contribution in [-0.2, 0) is 16.1 Å². The topological polar surface area (TPSA) is 82.8 Å². The molecule has 6 heteroatoms. The zero-order chi connectivity index (χ0) is 12.7. The van der Waals surface area contributed by atoms with E-state index in [4.69, 9.17) is 20.1 Å². The van der Waals surface area contributed by atoms with Crippen molar-refractivity contribution < 1.29 is 19.0 Å². The van der Waals surface area contributed by atoms with E-state index in [1.54, 1.807) is 26.4 Å². The summed E-state index contributed by atoms with van der Waals surface area (Å²) in [6.07, 6.45) is 0. The second kappa shape index (κ2) is 6.72. The fourth-order valence-corrected chi connectivity index (χ4v) is 1.27. The number of methoxy groups -OCH3 is 2. The fourth-order valence-electron chi connectivity index (χ4n) is 1.27.